The summed E-state index contributed by atoms with van der Waals surface area (Å²) in [6, 6.07) is 14.5. The Hall–Kier alpha value is -3.55. The van der Waals surface area contributed by atoms with Crippen molar-refractivity contribution < 1.29 is 14.3 Å². The molecule has 1 amide bonds. The minimum absolute atomic E-state index is 0.269. The number of esters is 1. The maximum absolute atomic E-state index is 12.2. The van der Waals surface area contributed by atoms with Crippen LogP contribution in [0.3, 0.4) is 0 Å². The second-order valence-electron chi connectivity index (χ2n) is 6.11. The van der Waals surface area contributed by atoms with Gasteiger partial charge in [0.2, 0.25) is 0 Å². The summed E-state index contributed by atoms with van der Waals surface area (Å²) in [5.74, 6) is -0.829. The highest BCUT2D eigenvalue weighted by molar-refractivity contribution is 5.91. The van der Waals surface area contributed by atoms with Crippen LogP contribution in [0.1, 0.15) is 21.5 Å². The Morgan fingerprint density at radius 1 is 1.07 bits per heavy atom. The van der Waals surface area contributed by atoms with Gasteiger partial charge in [0.15, 0.2) is 6.61 Å². The Morgan fingerprint density at radius 3 is 2.41 bits per heavy atom. The van der Waals surface area contributed by atoms with Crippen LogP contribution in [0.25, 0.3) is 5.69 Å². The molecule has 1 heterocycles. The molecule has 0 saturated carbocycles. The number of amides is 1. The zero-order valence-corrected chi connectivity index (χ0v) is 15.1. The summed E-state index contributed by atoms with van der Waals surface area (Å²) in [4.78, 5) is 25.8. The monoisotopic (exact) mass is 365 g/mol. The summed E-state index contributed by atoms with van der Waals surface area (Å²) in [6.45, 7) is 2.15. The van der Waals surface area contributed by atoms with Gasteiger partial charge in [-0.15, -0.1) is 5.10 Å². The summed E-state index contributed by atoms with van der Waals surface area (Å²) in [5.41, 5.74) is 3.24. The second-order valence-corrected chi connectivity index (χ2v) is 6.11. The number of aryl methyl sites for hydroxylation is 1. The van der Waals surface area contributed by atoms with Crippen molar-refractivity contribution in [2.75, 3.05) is 13.7 Å². The van der Waals surface area contributed by atoms with Gasteiger partial charge in [-0.1, -0.05) is 29.8 Å². The highest BCUT2D eigenvalue weighted by Gasteiger charge is 2.14. The van der Waals surface area contributed by atoms with Crippen molar-refractivity contribution >= 4 is 11.9 Å². The Morgan fingerprint density at radius 2 is 1.78 bits per heavy atom. The first-order valence-corrected chi connectivity index (χ1v) is 8.33. The van der Waals surface area contributed by atoms with E-state index in [-0.39, 0.29) is 12.5 Å². The fraction of sp³-hybridized carbons (Fsp3) is 0.211. The van der Waals surface area contributed by atoms with Gasteiger partial charge in [0, 0.05) is 13.6 Å². The molecule has 0 saturated heterocycles. The number of tetrazole rings is 1. The van der Waals surface area contributed by atoms with Crippen LogP contribution < -0.4 is 0 Å². The van der Waals surface area contributed by atoms with Crippen molar-refractivity contribution in [3.05, 3.63) is 71.5 Å². The summed E-state index contributed by atoms with van der Waals surface area (Å²) in [6.07, 6.45) is 1.45. The number of carbonyl (C=O) groups excluding carboxylic acids is 2. The first-order valence-electron chi connectivity index (χ1n) is 8.33. The molecule has 8 nitrogen and oxygen atoms in total. The molecule has 138 valence electrons. The molecule has 0 N–H and O–H groups in total. The normalized spacial score (nSPS) is 10.4. The SMILES string of the molecule is Cc1ccc(CN(C)C(=O)COC(=O)c2ccc(-n3cnnn3)cc2)cc1. The van der Waals surface area contributed by atoms with Gasteiger partial charge >= 0.3 is 5.97 Å². The van der Waals surface area contributed by atoms with Crippen molar-refractivity contribution in [3.8, 4) is 5.69 Å². The molecule has 27 heavy (non-hydrogen) atoms. The van der Waals surface area contributed by atoms with Crippen LogP contribution in [0.4, 0.5) is 0 Å². The molecule has 0 spiro atoms. The third-order valence-corrected chi connectivity index (χ3v) is 4.01. The van der Waals surface area contributed by atoms with Crippen molar-refractivity contribution in [1.82, 2.24) is 25.1 Å². The minimum atomic E-state index is -0.560. The predicted octanol–water partition coefficient (Wildman–Crippen LogP) is 1.79. The number of benzene rings is 2. The molecule has 0 fully saturated rings. The van der Waals surface area contributed by atoms with Crippen LogP contribution in [0.2, 0.25) is 0 Å². The number of carbonyl (C=O) groups is 2. The number of hydrogen-bond donors (Lipinski definition) is 0. The largest absolute Gasteiger partial charge is 0.452 e. The maximum atomic E-state index is 12.2. The summed E-state index contributed by atoms with van der Waals surface area (Å²) < 4.78 is 6.59. The molecule has 3 rings (SSSR count). The molecule has 8 heteroatoms. The van der Waals surface area contributed by atoms with Crippen molar-refractivity contribution in [3.63, 3.8) is 0 Å². The topological polar surface area (TPSA) is 90.2 Å². The Labute approximate surface area is 156 Å². The van der Waals surface area contributed by atoms with E-state index >= 15 is 0 Å². The summed E-state index contributed by atoms with van der Waals surface area (Å²) in [7, 11) is 1.68. The van der Waals surface area contributed by atoms with Gasteiger partial charge in [-0.3, -0.25) is 4.79 Å². The van der Waals surface area contributed by atoms with Gasteiger partial charge < -0.3 is 9.64 Å². The Balaban J connectivity index is 1.52. The van der Waals surface area contributed by atoms with Crippen LogP contribution in [0.5, 0.6) is 0 Å². The number of hydrogen-bond acceptors (Lipinski definition) is 6. The number of rotatable bonds is 6. The second kappa shape index (κ2) is 8.22. The Bertz CT molecular complexity index is 906. The number of likely N-dealkylation sites (N-methyl/N-ethyl adjacent to an activating group) is 1. The van der Waals surface area contributed by atoms with E-state index in [0.717, 1.165) is 11.1 Å². The smallest absolute Gasteiger partial charge is 0.338 e. The first kappa shape index (κ1) is 18.2. The lowest BCUT2D eigenvalue weighted by Gasteiger charge is -2.17. The van der Waals surface area contributed by atoms with E-state index in [1.165, 1.54) is 15.9 Å². The molecule has 0 aliphatic rings. The first-order chi connectivity index (χ1) is 13.0. The lowest BCUT2D eigenvalue weighted by atomic mass is 10.1. The van der Waals surface area contributed by atoms with Crippen molar-refractivity contribution in [2.24, 2.45) is 0 Å². The standard InChI is InChI=1S/C19H19N5O3/c1-14-3-5-15(6-4-14)11-23(2)18(25)12-27-19(26)16-7-9-17(10-8-16)24-13-20-21-22-24/h3-10,13H,11-12H2,1-2H3. The maximum Gasteiger partial charge on any atom is 0.338 e. The van der Waals surface area contributed by atoms with Crippen LogP contribution in [-0.2, 0) is 16.1 Å². The molecule has 0 radical (unpaired) electrons. The zero-order valence-electron chi connectivity index (χ0n) is 15.1. The van der Waals surface area contributed by atoms with E-state index in [4.69, 9.17) is 4.74 Å². The molecule has 1 aromatic heterocycles. The lowest BCUT2D eigenvalue weighted by molar-refractivity contribution is -0.133. The van der Waals surface area contributed by atoms with E-state index in [1.54, 1.807) is 31.3 Å². The van der Waals surface area contributed by atoms with Gasteiger partial charge in [0.05, 0.1) is 11.3 Å². The molecule has 0 bridgehead atoms. The minimum Gasteiger partial charge on any atom is -0.452 e. The van der Waals surface area contributed by atoms with E-state index in [2.05, 4.69) is 15.5 Å². The third-order valence-electron chi connectivity index (χ3n) is 4.01. The number of nitrogens with zero attached hydrogens (tertiary/aromatic N) is 5. The van der Waals surface area contributed by atoms with Crippen LogP contribution in [0.15, 0.2) is 54.9 Å². The number of aromatic nitrogens is 4. The molecular weight excluding hydrogens is 346 g/mol. The van der Waals surface area contributed by atoms with Gasteiger partial charge in [-0.05, 0) is 47.2 Å². The van der Waals surface area contributed by atoms with E-state index < -0.39 is 5.97 Å². The molecular formula is C19H19N5O3. The van der Waals surface area contributed by atoms with Gasteiger partial charge in [-0.2, -0.15) is 0 Å². The average Bonchev–Trinajstić information content (AvgIpc) is 3.22. The highest BCUT2D eigenvalue weighted by atomic mass is 16.5. The average molecular weight is 365 g/mol. The fourth-order valence-corrected chi connectivity index (χ4v) is 2.41. The molecule has 0 aliphatic carbocycles. The molecule has 0 aliphatic heterocycles. The third kappa shape index (κ3) is 4.75. The van der Waals surface area contributed by atoms with Crippen molar-refractivity contribution in [1.29, 1.82) is 0 Å². The van der Waals surface area contributed by atoms with Crippen LogP contribution >= 0.6 is 0 Å². The van der Waals surface area contributed by atoms with Gasteiger partial charge in [0.25, 0.3) is 5.91 Å². The predicted molar refractivity (Wildman–Crippen MR) is 97.1 cm³/mol. The van der Waals surface area contributed by atoms with Gasteiger partial charge in [-0.25, -0.2) is 9.48 Å². The van der Waals surface area contributed by atoms with E-state index in [1.807, 2.05) is 31.2 Å². The molecule has 0 atom stereocenters. The van der Waals surface area contributed by atoms with Crippen LogP contribution in [0, 0.1) is 6.92 Å². The summed E-state index contributed by atoms with van der Waals surface area (Å²) >= 11 is 0. The highest BCUT2D eigenvalue weighted by Crippen LogP contribution is 2.10. The van der Waals surface area contributed by atoms with Gasteiger partial charge in [0.1, 0.15) is 6.33 Å². The van der Waals surface area contributed by atoms with Crippen LogP contribution in [-0.4, -0.2) is 50.6 Å². The molecule has 0 unspecified atom stereocenters. The quantitative estimate of drug-likeness (QED) is 0.619. The van der Waals surface area contributed by atoms with E-state index in [0.29, 0.717) is 17.8 Å². The summed E-state index contributed by atoms with van der Waals surface area (Å²) in [5, 5.41) is 10.9. The lowest BCUT2D eigenvalue weighted by Crippen LogP contribution is -2.30. The zero-order chi connectivity index (χ0) is 19.2. The molecule has 3 aromatic rings. The number of ether oxygens (including phenoxy) is 1. The molecule has 2 aromatic carbocycles. The van der Waals surface area contributed by atoms with E-state index in [9.17, 15) is 9.59 Å². The fourth-order valence-electron chi connectivity index (χ4n) is 2.41. The Kier molecular flexibility index (Phi) is 5.55. The van der Waals surface area contributed by atoms with Crippen molar-refractivity contribution in [2.45, 2.75) is 13.5 Å².